The van der Waals surface area contributed by atoms with E-state index in [1.54, 1.807) is 13.2 Å². The largest absolute Gasteiger partial charge is 0.493 e. The molecular weight excluding hydrogens is 645 g/mol. The van der Waals surface area contributed by atoms with E-state index in [4.69, 9.17) is 14.2 Å². The molecule has 0 amide bonds. The normalized spacial score (nSPS) is 13.9. The molecule has 0 fully saturated rings. The number of nitrogens with zero attached hydrogens (tertiary/aromatic N) is 1. The number of esters is 1. The third-order valence-corrected chi connectivity index (χ3v) is 7.32. The van der Waals surface area contributed by atoms with E-state index in [0.717, 1.165) is 35.9 Å². The quantitative estimate of drug-likeness (QED) is 0.116. The lowest BCUT2D eigenvalue weighted by Gasteiger charge is -2.14. The summed E-state index contributed by atoms with van der Waals surface area (Å²) in [5.41, 5.74) is 4.94. The van der Waals surface area contributed by atoms with Crippen LogP contribution in [-0.4, -0.2) is 19.0 Å². The van der Waals surface area contributed by atoms with Crippen molar-refractivity contribution in [2.45, 2.75) is 6.61 Å². The van der Waals surface area contributed by atoms with E-state index < -0.39 is 5.97 Å². The molecule has 1 heterocycles. The second-order valence-corrected chi connectivity index (χ2v) is 10.2. The lowest BCUT2D eigenvalue weighted by molar-refractivity contribution is -0.129. The zero-order chi connectivity index (χ0) is 25.8. The predicted octanol–water partition coefficient (Wildman–Crippen LogP) is 7.65. The van der Waals surface area contributed by atoms with Gasteiger partial charge in [-0.3, -0.25) is 0 Å². The fraction of sp³-hybridized carbons (Fsp3) is 0.0667. The van der Waals surface area contributed by atoms with E-state index in [-0.39, 0.29) is 11.6 Å². The second-order valence-electron chi connectivity index (χ2n) is 8.19. The summed E-state index contributed by atoms with van der Waals surface area (Å²) in [6.07, 6.45) is 1.69. The van der Waals surface area contributed by atoms with Crippen molar-refractivity contribution in [3.8, 4) is 22.6 Å². The molecule has 1 aliphatic heterocycles. The van der Waals surface area contributed by atoms with Crippen LogP contribution < -0.4 is 9.47 Å². The molecule has 0 aromatic heterocycles. The molecule has 0 saturated carbocycles. The zero-order valence-corrected chi connectivity index (χ0v) is 23.5. The van der Waals surface area contributed by atoms with Crippen LogP contribution in [0.3, 0.4) is 0 Å². The number of cyclic esters (lactones) is 1. The van der Waals surface area contributed by atoms with Gasteiger partial charge < -0.3 is 14.2 Å². The van der Waals surface area contributed by atoms with Gasteiger partial charge in [-0.2, -0.15) is 0 Å². The van der Waals surface area contributed by atoms with Crippen molar-refractivity contribution in [2.75, 3.05) is 7.11 Å². The molecule has 4 aromatic carbocycles. The van der Waals surface area contributed by atoms with Gasteiger partial charge in [0.05, 0.1) is 10.7 Å². The number of halogens is 2. The molecule has 0 saturated heterocycles. The summed E-state index contributed by atoms with van der Waals surface area (Å²) in [6, 6.07) is 29.5. The maximum Gasteiger partial charge on any atom is 0.363 e. The molecule has 0 N–H and O–H groups in total. The van der Waals surface area contributed by atoms with Crippen LogP contribution in [0, 0.1) is 3.57 Å². The summed E-state index contributed by atoms with van der Waals surface area (Å²) in [6.45, 7) is 0.386. The Morgan fingerprint density at radius 3 is 2.32 bits per heavy atom. The molecule has 0 radical (unpaired) electrons. The minimum atomic E-state index is -0.495. The van der Waals surface area contributed by atoms with Gasteiger partial charge in [0.15, 0.2) is 17.2 Å². The van der Waals surface area contributed by atoms with E-state index in [1.807, 2.05) is 78.9 Å². The van der Waals surface area contributed by atoms with Crippen LogP contribution >= 0.6 is 38.5 Å². The highest BCUT2D eigenvalue weighted by atomic mass is 127. The Bertz CT molecular complexity index is 1510. The molecule has 184 valence electrons. The van der Waals surface area contributed by atoms with Gasteiger partial charge in [0.1, 0.15) is 6.61 Å². The Morgan fingerprint density at radius 1 is 0.919 bits per heavy atom. The van der Waals surface area contributed by atoms with Crippen molar-refractivity contribution < 1.29 is 19.0 Å². The lowest BCUT2D eigenvalue weighted by atomic mass is 10.0. The first-order chi connectivity index (χ1) is 18.0. The number of carbonyl (C=O) groups excluding carboxylic acids is 1. The Kier molecular flexibility index (Phi) is 7.71. The third-order valence-electron chi connectivity index (χ3n) is 5.74. The first-order valence-corrected chi connectivity index (χ1v) is 13.3. The van der Waals surface area contributed by atoms with E-state index >= 15 is 0 Å². The van der Waals surface area contributed by atoms with Crippen molar-refractivity contribution in [1.82, 2.24) is 0 Å². The molecule has 0 atom stereocenters. The van der Waals surface area contributed by atoms with Gasteiger partial charge in [-0.1, -0.05) is 76.6 Å². The van der Waals surface area contributed by atoms with Crippen LogP contribution in [0.15, 0.2) is 106 Å². The number of rotatable bonds is 7. The summed E-state index contributed by atoms with van der Waals surface area (Å²) >= 11 is 5.75. The molecule has 0 spiro atoms. The lowest BCUT2D eigenvalue weighted by Crippen LogP contribution is -2.05. The number of benzene rings is 4. The van der Waals surface area contributed by atoms with Gasteiger partial charge in [0.2, 0.25) is 5.90 Å². The van der Waals surface area contributed by atoms with Crippen molar-refractivity contribution in [2.24, 2.45) is 4.99 Å². The molecule has 5 rings (SSSR count). The average Bonchev–Trinajstić information content (AvgIpc) is 3.29. The first-order valence-electron chi connectivity index (χ1n) is 11.4. The average molecular weight is 666 g/mol. The van der Waals surface area contributed by atoms with Crippen molar-refractivity contribution in [3.63, 3.8) is 0 Å². The van der Waals surface area contributed by atoms with Crippen molar-refractivity contribution >= 4 is 56.5 Å². The van der Waals surface area contributed by atoms with Gasteiger partial charge >= 0.3 is 5.97 Å². The van der Waals surface area contributed by atoms with E-state index in [2.05, 4.69) is 55.6 Å². The van der Waals surface area contributed by atoms with Gasteiger partial charge in [-0.15, -0.1) is 0 Å². The Balaban J connectivity index is 1.37. The maximum atomic E-state index is 12.6. The smallest absolute Gasteiger partial charge is 0.363 e. The summed E-state index contributed by atoms with van der Waals surface area (Å²) in [5.74, 6) is 0.992. The minimum Gasteiger partial charge on any atom is -0.493 e. The fourth-order valence-corrected chi connectivity index (χ4v) is 5.04. The number of hydrogen-bond donors (Lipinski definition) is 0. The standard InChI is InChI=1S/C30H21BrINO4/c1-35-27-17-19(15-25(32)28(27)36-18-23-9-5-6-10-24(23)31)16-26-30(34)37-29(33-26)22-13-11-21(12-14-22)20-7-3-2-4-8-20/h2-17H,18H2,1H3/b26-16-. The third kappa shape index (κ3) is 5.78. The van der Waals surface area contributed by atoms with Crippen LogP contribution in [0.1, 0.15) is 16.7 Å². The van der Waals surface area contributed by atoms with Crippen molar-refractivity contribution in [1.29, 1.82) is 0 Å². The number of aliphatic imine (C=N–C) groups is 1. The van der Waals surface area contributed by atoms with E-state index in [1.165, 1.54) is 0 Å². The Morgan fingerprint density at radius 2 is 1.59 bits per heavy atom. The number of hydrogen-bond acceptors (Lipinski definition) is 5. The zero-order valence-electron chi connectivity index (χ0n) is 19.8. The Hall–Kier alpha value is -3.43. The number of ether oxygens (including phenoxy) is 3. The Labute approximate surface area is 237 Å². The highest BCUT2D eigenvalue weighted by Gasteiger charge is 2.24. The maximum absolute atomic E-state index is 12.6. The summed E-state index contributed by atoms with van der Waals surface area (Å²) in [7, 11) is 1.59. The molecule has 0 unspecified atom stereocenters. The van der Waals surface area contributed by atoms with Crippen LogP contribution in [0.2, 0.25) is 0 Å². The van der Waals surface area contributed by atoms with Gasteiger partial charge in [-0.05, 0) is 75.7 Å². The van der Waals surface area contributed by atoms with Gasteiger partial charge in [-0.25, -0.2) is 9.79 Å². The monoisotopic (exact) mass is 665 g/mol. The molecule has 37 heavy (non-hydrogen) atoms. The van der Waals surface area contributed by atoms with Gasteiger partial charge in [0.25, 0.3) is 0 Å². The number of carbonyl (C=O) groups is 1. The van der Waals surface area contributed by atoms with Crippen LogP contribution in [0.25, 0.3) is 17.2 Å². The molecule has 5 nitrogen and oxygen atoms in total. The highest BCUT2D eigenvalue weighted by Crippen LogP contribution is 2.36. The first kappa shape index (κ1) is 25.2. The van der Waals surface area contributed by atoms with Crippen LogP contribution in [0.5, 0.6) is 11.5 Å². The van der Waals surface area contributed by atoms with Gasteiger partial charge in [0, 0.05) is 15.6 Å². The molecule has 1 aliphatic rings. The van der Waals surface area contributed by atoms with Crippen LogP contribution in [-0.2, 0) is 16.1 Å². The van der Waals surface area contributed by atoms with Crippen molar-refractivity contribution in [3.05, 3.63) is 121 Å². The summed E-state index contributed by atoms with van der Waals surface area (Å²) in [4.78, 5) is 17.0. The summed E-state index contributed by atoms with van der Waals surface area (Å²) in [5, 5.41) is 0. The number of methoxy groups -OCH3 is 1. The van der Waals surface area contributed by atoms with E-state index in [9.17, 15) is 4.79 Å². The topological polar surface area (TPSA) is 57.1 Å². The minimum absolute atomic E-state index is 0.224. The SMILES string of the molecule is COc1cc(/C=C2\N=C(c3ccc(-c4ccccc4)cc3)OC2=O)cc(I)c1OCc1ccccc1Br. The summed E-state index contributed by atoms with van der Waals surface area (Å²) < 4.78 is 19.0. The molecular formula is C30H21BrINO4. The van der Waals surface area contributed by atoms with Crippen LogP contribution in [0.4, 0.5) is 0 Å². The molecule has 7 heteroatoms. The predicted molar refractivity (Wildman–Crippen MR) is 157 cm³/mol. The molecule has 0 aliphatic carbocycles. The fourth-order valence-electron chi connectivity index (χ4n) is 3.85. The second kappa shape index (κ2) is 11.3. The van der Waals surface area contributed by atoms with E-state index in [0.29, 0.717) is 18.1 Å². The molecule has 0 bridgehead atoms. The highest BCUT2D eigenvalue weighted by molar-refractivity contribution is 14.1. The molecule has 4 aromatic rings.